The zero-order valence-electron chi connectivity index (χ0n) is 14.2. The second kappa shape index (κ2) is 8.37. The van der Waals surface area contributed by atoms with Crippen molar-refractivity contribution in [2.75, 3.05) is 6.54 Å². The number of rotatable bonds is 10. The summed E-state index contributed by atoms with van der Waals surface area (Å²) >= 11 is 0. The van der Waals surface area contributed by atoms with Crippen LogP contribution in [0, 0.1) is 11.3 Å². The Kier molecular flexibility index (Phi) is 7.93. The summed E-state index contributed by atoms with van der Waals surface area (Å²) in [7, 11) is 0. The van der Waals surface area contributed by atoms with Crippen LogP contribution in [0.2, 0.25) is 0 Å². The van der Waals surface area contributed by atoms with Crippen molar-refractivity contribution in [2.24, 2.45) is 17.1 Å². The minimum absolute atomic E-state index is 0.0523. The van der Waals surface area contributed by atoms with Gasteiger partial charge in [0, 0.05) is 18.5 Å². The molecular weight excluding hydrogens is 268 g/mol. The Morgan fingerprint density at radius 2 is 1.71 bits per heavy atom. The molecule has 124 valence electrons. The Morgan fingerprint density at radius 3 is 2.14 bits per heavy atom. The number of carboxylic acid groups (broad SMARTS) is 1. The lowest BCUT2D eigenvalue weighted by atomic mass is 9.74. The fourth-order valence-electron chi connectivity index (χ4n) is 2.07. The molecular formula is C16H32N2O3. The number of carboxylic acids is 1. The molecule has 5 heteroatoms. The minimum atomic E-state index is -0.758. The number of carbonyl (C=O) groups is 2. The molecule has 5 nitrogen and oxygen atoms in total. The zero-order chi connectivity index (χ0) is 16.7. The quantitative estimate of drug-likeness (QED) is 0.578. The van der Waals surface area contributed by atoms with Crippen LogP contribution in [0.1, 0.15) is 66.7 Å². The molecule has 21 heavy (non-hydrogen) atoms. The van der Waals surface area contributed by atoms with E-state index in [0.29, 0.717) is 18.9 Å². The smallest absolute Gasteiger partial charge is 0.303 e. The van der Waals surface area contributed by atoms with Crippen molar-refractivity contribution in [1.29, 1.82) is 0 Å². The molecule has 4 N–H and O–H groups in total. The van der Waals surface area contributed by atoms with Gasteiger partial charge in [-0.05, 0) is 46.5 Å². The number of aliphatic carboxylic acids is 1. The first kappa shape index (κ1) is 19.9. The van der Waals surface area contributed by atoms with Crippen molar-refractivity contribution in [3.05, 3.63) is 0 Å². The fourth-order valence-corrected chi connectivity index (χ4v) is 2.07. The van der Waals surface area contributed by atoms with E-state index in [-0.39, 0.29) is 12.3 Å². The van der Waals surface area contributed by atoms with Crippen molar-refractivity contribution in [2.45, 2.75) is 72.3 Å². The number of hydrogen-bond acceptors (Lipinski definition) is 3. The molecule has 0 aliphatic carbocycles. The summed E-state index contributed by atoms with van der Waals surface area (Å²) < 4.78 is 0. The first-order valence-electron chi connectivity index (χ1n) is 7.81. The molecule has 0 bridgehead atoms. The van der Waals surface area contributed by atoms with Gasteiger partial charge in [0.1, 0.15) is 0 Å². The largest absolute Gasteiger partial charge is 0.481 e. The second-order valence-corrected chi connectivity index (χ2v) is 6.98. The summed E-state index contributed by atoms with van der Waals surface area (Å²) in [6.07, 6.45) is 3.70. The first-order valence-corrected chi connectivity index (χ1v) is 7.81. The summed E-state index contributed by atoms with van der Waals surface area (Å²) in [6, 6.07) is 0. The van der Waals surface area contributed by atoms with Gasteiger partial charge in [-0.25, -0.2) is 0 Å². The summed E-state index contributed by atoms with van der Waals surface area (Å²) in [4.78, 5) is 22.9. The minimum Gasteiger partial charge on any atom is -0.481 e. The maximum atomic E-state index is 12.2. The molecule has 0 aromatic rings. The molecule has 1 unspecified atom stereocenters. The van der Waals surface area contributed by atoms with Gasteiger partial charge < -0.3 is 16.2 Å². The molecule has 0 aromatic heterocycles. The van der Waals surface area contributed by atoms with Crippen LogP contribution in [0.3, 0.4) is 0 Å². The van der Waals surface area contributed by atoms with Crippen molar-refractivity contribution < 1.29 is 14.7 Å². The van der Waals surface area contributed by atoms with Gasteiger partial charge in [0.2, 0.25) is 5.91 Å². The van der Waals surface area contributed by atoms with E-state index >= 15 is 0 Å². The third-order valence-corrected chi connectivity index (χ3v) is 4.48. The van der Waals surface area contributed by atoms with E-state index in [9.17, 15) is 9.59 Å². The van der Waals surface area contributed by atoms with Crippen molar-refractivity contribution >= 4 is 11.9 Å². The van der Waals surface area contributed by atoms with Crippen LogP contribution >= 0.6 is 0 Å². The number of amides is 1. The van der Waals surface area contributed by atoms with E-state index < -0.39 is 16.9 Å². The van der Waals surface area contributed by atoms with E-state index in [1.54, 1.807) is 0 Å². The third-order valence-electron chi connectivity index (χ3n) is 4.48. The summed E-state index contributed by atoms with van der Waals surface area (Å²) in [5.74, 6) is -0.463. The Labute approximate surface area is 128 Å². The molecule has 1 amide bonds. The van der Waals surface area contributed by atoms with Crippen LogP contribution in [0.15, 0.2) is 0 Å². The Morgan fingerprint density at radius 1 is 1.14 bits per heavy atom. The van der Waals surface area contributed by atoms with Gasteiger partial charge in [-0.3, -0.25) is 9.59 Å². The molecule has 0 aliphatic heterocycles. The molecule has 0 heterocycles. The fraction of sp³-hybridized carbons (Fsp3) is 0.875. The number of nitrogens with one attached hydrogen (secondary N) is 1. The average Bonchev–Trinajstić information content (AvgIpc) is 2.34. The van der Waals surface area contributed by atoms with E-state index in [1.165, 1.54) is 0 Å². The van der Waals surface area contributed by atoms with Crippen LogP contribution in [-0.4, -0.2) is 29.1 Å². The maximum absolute atomic E-state index is 12.2. The topological polar surface area (TPSA) is 92.4 Å². The molecule has 0 saturated carbocycles. The van der Waals surface area contributed by atoms with Crippen LogP contribution in [0.5, 0.6) is 0 Å². The maximum Gasteiger partial charge on any atom is 0.303 e. The molecule has 1 atom stereocenters. The van der Waals surface area contributed by atoms with E-state index in [1.807, 2.05) is 27.7 Å². The predicted octanol–water partition coefficient (Wildman–Crippen LogP) is 2.54. The van der Waals surface area contributed by atoms with Gasteiger partial charge in [-0.15, -0.1) is 0 Å². The number of carbonyl (C=O) groups excluding carboxylic acids is 1. The lowest BCUT2D eigenvalue weighted by molar-refractivity contribution is -0.137. The number of nitrogens with two attached hydrogens (primary N) is 1. The van der Waals surface area contributed by atoms with Crippen LogP contribution in [0.4, 0.5) is 0 Å². The second-order valence-electron chi connectivity index (χ2n) is 6.98. The van der Waals surface area contributed by atoms with E-state index in [4.69, 9.17) is 10.8 Å². The Balaban J connectivity index is 4.31. The highest BCUT2D eigenvalue weighted by Gasteiger charge is 2.40. The first-order chi connectivity index (χ1) is 9.52. The molecule has 0 fully saturated rings. The highest BCUT2D eigenvalue weighted by molar-refractivity contribution is 5.83. The van der Waals surface area contributed by atoms with Crippen LogP contribution in [0.25, 0.3) is 0 Å². The lowest BCUT2D eigenvalue weighted by Gasteiger charge is -2.37. The predicted molar refractivity (Wildman–Crippen MR) is 84.9 cm³/mol. The third kappa shape index (κ3) is 6.93. The normalized spacial score (nSPS) is 13.8. The van der Waals surface area contributed by atoms with Gasteiger partial charge in [-0.1, -0.05) is 19.8 Å². The highest BCUT2D eigenvalue weighted by Crippen LogP contribution is 2.28. The molecule has 0 aliphatic rings. The highest BCUT2D eigenvalue weighted by atomic mass is 16.4. The van der Waals surface area contributed by atoms with Crippen molar-refractivity contribution in [3.8, 4) is 0 Å². The average molecular weight is 300 g/mol. The van der Waals surface area contributed by atoms with Gasteiger partial charge in [0.05, 0.1) is 5.41 Å². The standard InChI is InChI=1S/C16H32N2O3/c1-6-7-12(8-9-13(19)20)10-11-18-14(21)15(2,3)16(4,5)17/h12H,6-11,17H2,1-5H3,(H,18,21)(H,19,20). The lowest BCUT2D eigenvalue weighted by Crippen LogP contribution is -2.55. The van der Waals surface area contributed by atoms with E-state index in [0.717, 1.165) is 19.3 Å². The Bertz CT molecular complexity index is 346. The van der Waals surface area contributed by atoms with Gasteiger partial charge in [-0.2, -0.15) is 0 Å². The zero-order valence-corrected chi connectivity index (χ0v) is 14.2. The number of hydrogen-bond donors (Lipinski definition) is 3. The summed E-state index contributed by atoms with van der Waals surface area (Å²) in [5.41, 5.74) is 4.81. The molecule has 0 aromatic carbocycles. The molecule has 0 saturated heterocycles. The Hall–Kier alpha value is -1.10. The molecule has 0 rings (SSSR count). The van der Waals surface area contributed by atoms with Gasteiger partial charge in [0.25, 0.3) is 0 Å². The van der Waals surface area contributed by atoms with Crippen molar-refractivity contribution in [1.82, 2.24) is 5.32 Å². The van der Waals surface area contributed by atoms with Crippen LogP contribution in [-0.2, 0) is 9.59 Å². The molecule has 0 spiro atoms. The SMILES string of the molecule is CCCC(CCNC(=O)C(C)(C)C(C)(C)N)CCC(=O)O. The summed E-state index contributed by atoms with van der Waals surface area (Å²) in [6.45, 7) is 10.0. The van der Waals surface area contributed by atoms with Crippen LogP contribution < -0.4 is 11.1 Å². The molecule has 0 radical (unpaired) electrons. The van der Waals surface area contributed by atoms with Crippen molar-refractivity contribution in [3.63, 3.8) is 0 Å². The van der Waals surface area contributed by atoms with E-state index in [2.05, 4.69) is 12.2 Å². The van der Waals surface area contributed by atoms with Gasteiger partial charge in [0.15, 0.2) is 0 Å². The monoisotopic (exact) mass is 300 g/mol. The summed E-state index contributed by atoms with van der Waals surface area (Å²) in [5, 5.41) is 11.7. The van der Waals surface area contributed by atoms with Gasteiger partial charge >= 0.3 is 5.97 Å².